The summed E-state index contributed by atoms with van der Waals surface area (Å²) in [6.45, 7) is 4.16. The molecule has 0 spiro atoms. The average Bonchev–Trinajstić information content (AvgIpc) is 2.39. The van der Waals surface area contributed by atoms with E-state index in [2.05, 4.69) is 0 Å². The molecule has 0 bridgehead atoms. The number of nitrogens with zero attached hydrogens (tertiary/aromatic N) is 1. The van der Waals surface area contributed by atoms with Crippen molar-refractivity contribution in [3.05, 3.63) is 0 Å². The van der Waals surface area contributed by atoms with E-state index in [1.54, 1.807) is 4.31 Å². The maximum absolute atomic E-state index is 12.6. The van der Waals surface area contributed by atoms with E-state index >= 15 is 0 Å². The van der Waals surface area contributed by atoms with E-state index in [0.717, 1.165) is 38.5 Å². The molecule has 0 atom stereocenters. The van der Waals surface area contributed by atoms with Gasteiger partial charge in [-0.05, 0) is 31.6 Å². The van der Waals surface area contributed by atoms with Crippen LogP contribution >= 0.6 is 0 Å². The first-order valence-electron chi connectivity index (χ1n) is 7.65. The second-order valence-corrected chi connectivity index (χ2v) is 7.55. The summed E-state index contributed by atoms with van der Waals surface area (Å²) in [6, 6.07) is 0.0285. The Kier molecular flexibility index (Phi) is 7.32. The van der Waals surface area contributed by atoms with Crippen molar-refractivity contribution in [3.63, 3.8) is 0 Å². The smallest absolute Gasteiger partial charge is 0.214 e. The van der Waals surface area contributed by atoms with Gasteiger partial charge in [0.15, 0.2) is 0 Å². The van der Waals surface area contributed by atoms with Gasteiger partial charge in [0.25, 0.3) is 0 Å². The molecule has 0 amide bonds. The number of rotatable bonds is 8. The van der Waals surface area contributed by atoms with Gasteiger partial charge in [0, 0.05) is 12.6 Å². The third-order valence-electron chi connectivity index (χ3n) is 4.20. The van der Waals surface area contributed by atoms with Gasteiger partial charge in [-0.15, -0.1) is 0 Å². The number of aliphatic hydroxyl groups is 1. The van der Waals surface area contributed by atoms with E-state index in [9.17, 15) is 8.42 Å². The standard InChI is InChI=1S/C14H29NO3S/c1-3-14(4-2)15(10-11-16)19(17,18)12-13-8-6-5-7-9-13/h13-14,16H,3-12H2,1-2H3. The molecule has 1 fully saturated rings. The highest BCUT2D eigenvalue weighted by molar-refractivity contribution is 7.89. The Bertz CT molecular complexity index is 333. The van der Waals surface area contributed by atoms with E-state index in [-0.39, 0.29) is 24.9 Å². The Morgan fingerprint density at radius 3 is 2.21 bits per heavy atom. The van der Waals surface area contributed by atoms with Crippen molar-refractivity contribution in [2.45, 2.75) is 64.8 Å². The summed E-state index contributed by atoms with van der Waals surface area (Å²) in [5.74, 6) is 0.582. The van der Waals surface area contributed by atoms with Crippen LogP contribution in [0.5, 0.6) is 0 Å². The van der Waals surface area contributed by atoms with Gasteiger partial charge in [-0.3, -0.25) is 0 Å². The van der Waals surface area contributed by atoms with E-state index < -0.39 is 10.0 Å². The van der Waals surface area contributed by atoms with Crippen molar-refractivity contribution in [1.29, 1.82) is 0 Å². The Labute approximate surface area is 118 Å². The molecule has 0 radical (unpaired) electrons. The third kappa shape index (κ3) is 5.04. The Morgan fingerprint density at radius 2 is 1.74 bits per heavy atom. The SMILES string of the molecule is CCC(CC)N(CCO)S(=O)(=O)CC1CCCCC1. The van der Waals surface area contributed by atoms with Crippen LogP contribution < -0.4 is 0 Å². The second-order valence-electron chi connectivity index (χ2n) is 5.59. The van der Waals surface area contributed by atoms with Gasteiger partial charge in [0.2, 0.25) is 10.0 Å². The predicted octanol–water partition coefficient (Wildman–Crippen LogP) is 2.38. The molecule has 1 rings (SSSR count). The molecule has 0 aliphatic heterocycles. The Morgan fingerprint density at radius 1 is 1.16 bits per heavy atom. The fraction of sp³-hybridized carbons (Fsp3) is 1.00. The molecule has 0 aromatic carbocycles. The first-order chi connectivity index (χ1) is 9.05. The average molecular weight is 291 g/mol. The largest absolute Gasteiger partial charge is 0.395 e. The molecule has 4 nitrogen and oxygen atoms in total. The van der Waals surface area contributed by atoms with Crippen molar-refractivity contribution in [3.8, 4) is 0 Å². The number of hydrogen-bond donors (Lipinski definition) is 1. The lowest BCUT2D eigenvalue weighted by molar-refractivity contribution is 0.218. The maximum Gasteiger partial charge on any atom is 0.214 e. The summed E-state index contributed by atoms with van der Waals surface area (Å²) < 4.78 is 26.7. The summed E-state index contributed by atoms with van der Waals surface area (Å²) in [7, 11) is -3.23. The molecule has 1 aliphatic carbocycles. The summed E-state index contributed by atoms with van der Waals surface area (Å²) in [6.07, 6.45) is 7.24. The number of aliphatic hydroxyl groups excluding tert-OH is 1. The molecular formula is C14H29NO3S. The lowest BCUT2D eigenvalue weighted by atomic mass is 9.91. The van der Waals surface area contributed by atoms with Gasteiger partial charge in [0.05, 0.1) is 12.4 Å². The van der Waals surface area contributed by atoms with Crippen molar-refractivity contribution in [1.82, 2.24) is 4.31 Å². The molecule has 1 N–H and O–H groups in total. The number of sulfonamides is 1. The lowest BCUT2D eigenvalue weighted by Crippen LogP contribution is -2.44. The normalized spacial score (nSPS) is 18.4. The first kappa shape index (κ1) is 16.9. The van der Waals surface area contributed by atoms with Crippen LogP contribution in [-0.2, 0) is 10.0 Å². The van der Waals surface area contributed by atoms with Crippen LogP contribution in [0, 0.1) is 5.92 Å². The van der Waals surface area contributed by atoms with Crippen LogP contribution in [0.25, 0.3) is 0 Å². The molecule has 1 aliphatic rings. The highest BCUT2D eigenvalue weighted by atomic mass is 32.2. The van der Waals surface area contributed by atoms with E-state index in [1.807, 2.05) is 13.8 Å². The van der Waals surface area contributed by atoms with Crippen LogP contribution in [-0.4, -0.2) is 42.8 Å². The van der Waals surface area contributed by atoms with Gasteiger partial charge >= 0.3 is 0 Å². The Balaban J connectivity index is 2.73. The molecule has 0 aromatic rings. The molecule has 0 saturated heterocycles. The molecule has 0 aromatic heterocycles. The fourth-order valence-corrected chi connectivity index (χ4v) is 5.32. The third-order valence-corrected chi connectivity index (χ3v) is 6.29. The zero-order valence-corrected chi connectivity index (χ0v) is 13.2. The summed E-state index contributed by atoms with van der Waals surface area (Å²) in [4.78, 5) is 0. The topological polar surface area (TPSA) is 57.6 Å². The minimum Gasteiger partial charge on any atom is -0.395 e. The highest BCUT2D eigenvalue weighted by Gasteiger charge is 2.30. The zero-order valence-electron chi connectivity index (χ0n) is 12.3. The first-order valence-corrected chi connectivity index (χ1v) is 9.26. The number of hydrogen-bond acceptors (Lipinski definition) is 3. The molecular weight excluding hydrogens is 262 g/mol. The molecule has 5 heteroatoms. The van der Waals surface area contributed by atoms with Crippen molar-refractivity contribution in [2.75, 3.05) is 18.9 Å². The zero-order chi connectivity index (χ0) is 14.3. The van der Waals surface area contributed by atoms with E-state index in [0.29, 0.717) is 5.92 Å². The summed E-state index contributed by atoms with van der Waals surface area (Å²) >= 11 is 0. The van der Waals surface area contributed by atoms with Gasteiger partial charge in [-0.1, -0.05) is 33.1 Å². The van der Waals surface area contributed by atoms with Crippen LogP contribution in [0.4, 0.5) is 0 Å². The maximum atomic E-state index is 12.6. The van der Waals surface area contributed by atoms with Crippen molar-refractivity contribution >= 4 is 10.0 Å². The molecule has 0 unspecified atom stereocenters. The predicted molar refractivity (Wildman–Crippen MR) is 78.5 cm³/mol. The van der Waals surface area contributed by atoms with E-state index in [1.165, 1.54) is 6.42 Å². The Hall–Kier alpha value is -0.130. The molecule has 19 heavy (non-hydrogen) atoms. The van der Waals surface area contributed by atoms with E-state index in [4.69, 9.17) is 5.11 Å². The van der Waals surface area contributed by atoms with Crippen molar-refractivity contribution in [2.24, 2.45) is 5.92 Å². The second kappa shape index (κ2) is 8.22. The molecule has 114 valence electrons. The van der Waals surface area contributed by atoms with Gasteiger partial charge in [0.1, 0.15) is 0 Å². The van der Waals surface area contributed by atoms with Crippen LogP contribution in [0.1, 0.15) is 58.8 Å². The minimum absolute atomic E-state index is 0.0285. The van der Waals surface area contributed by atoms with Crippen LogP contribution in [0.3, 0.4) is 0 Å². The lowest BCUT2D eigenvalue weighted by Gasteiger charge is -2.31. The van der Waals surface area contributed by atoms with Gasteiger partial charge in [-0.25, -0.2) is 8.42 Å². The monoisotopic (exact) mass is 291 g/mol. The van der Waals surface area contributed by atoms with Crippen LogP contribution in [0.2, 0.25) is 0 Å². The van der Waals surface area contributed by atoms with Crippen LogP contribution in [0.15, 0.2) is 0 Å². The quantitative estimate of drug-likeness (QED) is 0.747. The summed E-state index contributed by atoms with van der Waals surface area (Å²) in [5, 5.41) is 9.14. The minimum atomic E-state index is -3.23. The highest BCUT2D eigenvalue weighted by Crippen LogP contribution is 2.26. The summed E-state index contributed by atoms with van der Waals surface area (Å²) in [5.41, 5.74) is 0. The molecule has 0 heterocycles. The fourth-order valence-electron chi connectivity index (χ4n) is 3.09. The van der Waals surface area contributed by atoms with Crippen molar-refractivity contribution < 1.29 is 13.5 Å². The van der Waals surface area contributed by atoms with Gasteiger partial charge in [-0.2, -0.15) is 4.31 Å². The van der Waals surface area contributed by atoms with Gasteiger partial charge < -0.3 is 5.11 Å². The molecule has 1 saturated carbocycles.